The Morgan fingerprint density at radius 3 is 2.55 bits per heavy atom. The number of hydrogen-bond donors (Lipinski definition) is 0. The molecule has 1 aromatic heterocycles. The molecule has 4 heteroatoms. The lowest BCUT2D eigenvalue weighted by molar-refractivity contribution is 0.0986. The van der Waals surface area contributed by atoms with Crippen molar-refractivity contribution < 1.29 is 4.79 Å². The van der Waals surface area contributed by atoms with Crippen molar-refractivity contribution in [3.05, 3.63) is 94.5 Å². The van der Waals surface area contributed by atoms with Crippen LogP contribution in [-0.4, -0.2) is 17.4 Å². The van der Waals surface area contributed by atoms with Gasteiger partial charge >= 0.3 is 0 Å². The smallest absolute Gasteiger partial charge is 0.259 e. The molecule has 0 spiro atoms. The molecule has 0 aliphatic carbocycles. The molecule has 3 nitrogen and oxygen atoms in total. The predicted octanol–water partition coefficient (Wildman–Crippen LogP) is 6.26. The molecule has 29 heavy (non-hydrogen) atoms. The van der Waals surface area contributed by atoms with Crippen molar-refractivity contribution in [2.75, 3.05) is 11.4 Å². The van der Waals surface area contributed by atoms with E-state index in [2.05, 4.69) is 22.0 Å². The number of hydrogen-bond acceptors (Lipinski definition) is 2. The molecular formula is C25H19BrN2O. The lowest BCUT2D eigenvalue weighted by Crippen LogP contribution is -2.35. The molecule has 0 bridgehead atoms. The molecule has 3 aromatic carbocycles. The standard InChI is InChI=1S/C25H19BrN2O/c26-19-13-11-17(12-14-19)23-16-21(20-8-2-3-9-22(20)27-23)25(29)28-15-5-7-18-6-1-4-10-24(18)28/h1-4,6,8-14,16H,5,7,15H2. The van der Waals surface area contributed by atoms with Crippen molar-refractivity contribution >= 4 is 38.4 Å². The summed E-state index contributed by atoms with van der Waals surface area (Å²) in [5.74, 6) is 0.0362. The first-order chi connectivity index (χ1) is 14.2. The number of carbonyl (C=O) groups is 1. The fourth-order valence-electron chi connectivity index (χ4n) is 4.01. The summed E-state index contributed by atoms with van der Waals surface area (Å²) < 4.78 is 1.02. The van der Waals surface area contributed by atoms with E-state index in [1.807, 2.05) is 77.7 Å². The monoisotopic (exact) mass is 442 g/mol. The minimum Gasteiger partial charge on any atom is -0.308 e. The highest BCUT2D eigenvalue weighted by Crippen LogP contribution is 2.31. The molecule has 142 valence electrons. The lowest BCUT2D eigenvalue weighted by Gasteiger charge is -2.30. The maximum Gasteiger partial charge on any atom is 0.259 e. The second-order valence-electron chi connectivity index (χ2n) is 7.27. The molecular weight excluding hydrogens is 424 g/mol. The first-order valence-corrected chi connectivity index (χ1v) is 10.6. The fourth-order valence-corrected chi connectivity index (χ4v) is 4.28. The SMILES string of the molecule is O=C(c1cc(-c2ccc(Br)cc2)nc2ccccc12)N1CCCc2ccccc21. The number of anilines is 1. The van der Waals surface area contributed by atoms with Crippen molar-refractivity contribution in [1.82, 2.24) is 4.98 Å². The molecule has 1 amide bonds. The van der Waals surface area contributed by atoms with E-state index < -0.39 is 0 Å². The number of aryl methyl sites for hydroxylation is 1. The van der Waals surface area contributed by atoms with Crippen LogP contribution in [0.4, 0.5) is 5.69 Å². The quantitative estimate of drug-likeness (QED) is 0.367. The highest BCUT2D eigenvalue weighted by molar-refractivity contribution is 9.10. The number of rotatable bonds is 2. The number of carbonyl (C=O) groups excluding carboxylic acids is 1. The first kappa shape index (κ1) is 18.1. The van der Waals surface area contributed by atoms with Crippen molar-refractivity contribution in [2.45, 2.75) is 12.8 Å². The molecule has 1 aliphatic heterocycles. The summed E-state index contributed by atoms with van der Waals surface area (Å²) in [5.41, 5.74) is 5.59. The van der Waals surface area contributed by atoms with Gasteiger partial charge < -0.3 is 4.90 Å². The maximum absolute atomic E-state index is 13.7. The van der Waals surface area contributed by atoms with Crippen LogP contribution in [-0.2, 0) is 6.42 Å². The third-order valence-corrected chi connectivity index (χ3v) is 5.97. The minimum absolute atomic E-state index is 0.0362. The average Bonchev–Trinajstić information content (AvgIpc) is 2.78. The number of benzene rings is 3. The van der Waals surface area contributed by atoms with Gasteiger partial charge in [-0.3, -0.25) is 4.79 Å². The lowest BCUT2D eigenvalue weighted by atomic mass is 9.99. The molecule has 1 aliphatic rings. The Labute approximate surface area is 178 Å². The summed E-state index contributed by atoms with van der Waals surface area (Å²) in [6.07, 6.45) is 1.99. The predicted molar refractivity (Wildman–Crippen MR) is 121 cm³/mol. The van der Waals surface area contributed by atoms with Crippen LogP contribution in [0, 0.1) is 0 Å². The van der Waals surface area contributed by atoms with E-state index in [-0.39, 0.29) is 5.91 Å². The number of pyridine rings is 1. The van der Waals surface area contributed by atoms with Gasteiger partial charge in [0.2, 0.25) is 0 Å². The van der Waals surface area contributed by atoms with Crippen LogP contribution in [0.25, 0.3) is 22.2 Å². The highest BCUT2D eigenvalue weighted by atomic mass is 79.9. The molecule has 2 heterocycles. The zero-order chi connectivity index (χ0) is 19.8. The Hall–Kier alpha value is -2.98. The zero-order valence-electron chi connectivity index (χ0n) is 15.8. The molecule has 5 rings (SSSR count). The summed E-state index contributed by atoms with van der Waals surface area (Å²) in [5, 5.41) is 0.890. The molecule has 0 radical (unpaired) electrons. The largest absolute Gasteiger partial charge is 0.308 e. The van der Waals surface area contributed by atoms with E-state index in [0.717, 1.165) is 51.7 Å². The van der Waals surface area contributed by atoms with Gasteiger partial charge in [0.25, 0.3) is 5.91 Å². The molecule has 0 N–H and O–H groups in total. The minimum atomic E-state index is 0.0362. The fraction of sp³-hybridized carbons (Fsp3) is 0.120. The van der Waals surface area contributed by atoms with E-state index in [4.69, 9.17) is 4.98 Å². The van der Waals surface area contributed by atoms with Gasteiger partial charge in [-0.15, -0.1) is 0 Å². The summed E-state index contributed by atoms with van der Waals surface area (Å²) in [7, 11) is 0. The van der Waals surface area contributed by atoms with Crippen molar-refractivity contribution in [2.24, 2.45) is 0 Å². The van der Waals surface area contributed by atoms with Crippen LogP contribution in [0.15, 0.2) is 83.3 Å². The van der Waals surface area contributed by atoms with Gasteiger partial charge in [-0.2, -0.15) is 0 Å². The van der Waals surface area contributed by atoms with E-state index in [9.17, 15) is 4.79 Å². The van der Waals surface area contributed by atoms with Gasteiger partial charge in [-0.1, -0.05) is 64.5 Å². The van der Waals surface area contributed by atoms with Gasteiger partial charge in [-0.25, -0.2) is 4.98 Å². The topological polar surface area (TPSA) is 33.2 Å². The first-order valence-electron chi connectivity index (χ1n) is 9.76. The van der Waals surface area contributed by atoms with Gasteiger partial charge in [0.1, 0.15) is 0 Å². The zero-order valence-corrected chi connectivity index (χ0v) is 17.4. The van der Waals surface area contributed by atoms with Crippen molar-refractivity contribution in [3.63, 3.8) is 0 Å². The Morgan fingerprint density at radius 1 is 0.931 bits per heavy atom. The number of aromatic nitrogens is 1. The van der Waals surface area contributed by atoms with Gasteiger partial charge in [0.15, 0.2) is 0 Å². The average molecular weight is 443 g/mol. The summed E-state index contributed by atoms with van der Waals surface area (Å²) in [6, 6.07) is 26.1. The van der Waals surface area contributed by atoms with E-state index in [0.29, 0.717) is 5.56 Å². The normalized spacial score (nSPS) is 13.3. The van der Waals surface area contributed by atoms with Crippen LogP contribution in [0.2, 0.25) is 0 Å². The van der Waals surface area contributed by atoms with Crippen LogP contribution < -0.4 is 4.90 Å². The van der Waals surface area contributed by atoms with E-state index in [1.54, 1.807) is 0 Å². The Kier molecular flexibility index (Phi) is 4.64. The van der Waals surface area contributed by atoms with Crippen molar-refractivity contribution in [3.8, 4) is 11.3 Å². The molecule has 0 atom stereocenters. The number of nitrogens with zero attached hydrogens (tertiary/aromatic N) is 2. The number of fused-ring (bicyclic) bond motifs is 2. The third kappa shape index (κ3) is 3.34. The molecule has 0 saturated heterocycles. The van der Waals surface area contributed by atoms with Gasteiger partial charge in [0, 0.05) is 27.7 Å². The van der Waals surface area contributed by atoms with Crippen molar-refractivity contribution in [1.29, 1.82) is 0 Å². The van der Waals surface area contributed by atoms with Gasteiger partial charge in [-0.05, 0) is 48.7 Å². The highest BCUT2D eigenvalue weighted by Gasteiger charge is 2.25. The maximum atomic E-state index is 13.7. The number of amides is 1. The van der Waals surface area contributed by atoms with Gasteiger partial charge in [0.05, 0.1) is 16.8 Å². The Balaban J connectivity index is 1.66. The summed E-state index contributed by atoms with van der Waals surface area (Å²) in [6.45, 7) is 0.736. The Bertz CT molecular complexity index is 1220. The number of halogens is 1. The van der Waals surface area contributed by atoms with Crippen LogP contribution in [0.1, 0.15) is 22.3 Å². The van der Waals surface area contributed by atoms with Crippen LogP contribution in [0.3, 0.4) is 0 Å². The van der Waals surface area contributed by atoms with E-state index in [1.165, 1.54) is 5.56 Å². The summed E-state index contributed by atoms with van der Waals surface area (Å²) in [4.78, 5) is 20.4. The second kappa shape index (κ2) is 7.45. The summed E-state index contributed by atoms with van der Waals surface area (Å²) >= 11 is 3.48. The third-order valence-electron chi connectivity index (χ3n) is 5.44. The number of para-hydroxylation sites is 2. The molecule has 0 fully saturated rings. The van der Waals surface area contributed by atoms with E-state index >= 15 is 0 Å². The van der Waals surface area contributed by atoms with Crippen LogP contribution in [0.5, 0.6) is 0 Å². The Morgan fingerprint density at radius 2 is 1.69 bits per heavy atom. The molecule has 0 saturated carbocycles. The second-order valence-corrected chi connectivity index (χ2v) is 8.18. The molecule has 0 unspecified atom stereocenters. The van der Waals surface area contributed by atoms with Crippen LogP contribution >= 0.6 is 15.9 Å². The molecule has 4 aromatic rings.